The van der Waals surface area contributed by atoms with Gasteiger partial charge in [0.1, 0.15) is 12.4 Å². The summed E-state index contributed by atoms with van der Waals surface area (Å²) in [5.74, 6) is 0.524. The van der Waals surface area contributed by atoms with Crippen LogP contribution in [0.4, 0.5) is 4.79 Å². The Balaban J connectivity index is 1.40. The van der Waals surface area contributed by atoms with Crippen molar-refractivity contribution in [2.24, 2.45) is 10.1 Å². The first-order chi connectivity index (χ1) is 17.8. The van der Waals surface area contributed by atoms with Crippen LogP contribution in [0.15, 0.2) is 64.7 Å². The molecular weight excluding hydrogens is 476 g/mol. The lowest BCUT2D eigenvalue weighted by molar-refractivity contribution is -0.127. The van der Waals surface area contributed by atoms with E-state index in [9.17, 15) is 14.7 Å². The van der Waals surface area contributed by atoms with Gasteiger partial charge in [-0.25, -0.2) is 15.2 Å². The second-order valence-corrected chi connectivity index (χ2v) is 9.12. The number of likely N-dealkylation sites (N-methyl/N-ethyl adjacent to an activating group) is 1. The van der Waals surface area contributed by atoms with Gasteiger partial charge in [0.25, 0.3) is 5.91 Å². The van der Waals surface area contributed by atoms with Crippen LogP contribution in [0, 0.1) is 0 Å². The number of hydrogen-bond donors (Lipinski definition) is 3. The Morgan fingerprint density at radius 2 is 1.89 bits per heavy atom. The van der Waals surface area contributed by atoms with Gasteiger partial charge in [-0.3, -0.25) is 10.1 Å². The third kappa shape index (κ3) is 6.63. The molecule has 0 bridgehead atoms. The molecule has 0 aromatic heterocycles. The van der Waals surface area contributed by atoms with Crippen LogP contribution in [0.2, 0.25) is 0 Å². The molecule has 0 aliphatic carbocycles. The number of aliphatic hydroxyl groups is 1. The van der Waals surface area contributed by atoms with E-state index in [1.807, 2.05) is 68.4 Å². The largest absolute Gasteiger partial charge is 0.489 e. The number of fused-ring (bicyclic) bond motifs is 1. The van der Waals surface area contributed by atoms with Gasteiger partial charge in [-0.05, 0) is 49.2 Å². The molecule has 1 saturated heterocycles. The molecule has 11 nitrogen and oxygen atoms in total. The molecule has 0 radical (unpaired) electrons. The summed E-state index contributed by atoms with van der Waals surface area (Å²) in [5, 5.41) is 17.1. The number of carbonyl (C=O) groups is 2. The van der Waals surface area contributed by atoms with E-state index in [0.717, 1.165) is 16.9 Å². The normalized spacial score (nSPS) is 20.2. The molecule has 1 fully saturated rings. The lowest BCUT2D eigenvalue weighted by Crippen LogP contribution is -2.64. The number of benzene rings is 2. The van der Waals surface area contributed by atoms with Crippen LogP contribution < -0.4 is 15.5 Å². The van der Waals surface area contributed by atoms with Crippen molar-refractivity contribution < 1.29 is 24.2 Å². The van der Waals surface area contributed by atoms with Crippen molar-refractivity contribution in [3.63, 3.8) is 0 Å². The van der Waals surface area contributed by atoms with Crippen LogP contribution in [0.5, 0.6) is 5.75 Å². The minimum absolute atomic E-state index is 0.0475. The average molecular weight is 509 g/mol. The lowest BCUT2D eigenvalue weighted by Gasteiger charge is -2.36. The van der Waals surface area contributed by atoms with Crippen LogP contribution >= 0.6 is 0 Å². The Kier molecular flexibility index (Phi) is 8.36. The number of amides is 3. The van der Waals surface area contributed by atoms with Crippen LogP contribution in [0.25, 0.3) is 0 Å². The van der Waals surface area contributed by atoms with Gasteiger partial charge in [-0.15, -0.1) is 0 Å². The van der Waals surface area contributed by atoms with E-state index in [-0.39, 0.29) is 25.2 Å². The highest BCUT2D eigenvalue weighted by molar-refractivity contribution is 6.03. The standard InChI is InChI=1S/C26H32N6O5/c1-17(2)36-16-20(33)14-32-22-23(31(3)26(35)29-24(22)34)28-25(32)30-27-13-18-9-11-21(12-10-18)37-15-19-7-5-4-6-8-19/h4-13,17,20,22-23,33H,14-16H2,1-3H3,(H,28,30)(H,29,34,35)/b27-13+. The molecule has 3 N–H and O–H groups in total. The first-order valence-corrected chi connectivity index (χ1v) is 12.1. The Bertz CT molecular complexity index is 1140. The van der Waals surface area contributed by atoms with E-state index >= 15 is 0 Å². The molecule has 2 heterocycles. The SMILES string of the molecule is CC(C)OCC(O)CN1C(N/N=C/c2ccc(OCc3ccccc3)cc2)=NC2C1C(=O)NC(=O)N2C. The number of guanidine groups is 1. The van der Waals surface area contributed by atoms with E-state index in [1.54, 1.807) is 18.2 Å². The van der Waals surface area contributed by atoms with Gasteiger partial charge < -0.3 is 24.4 Å². The van der Waals surface area contributed by atoms with E-state index in [0.29, 0.717) is 6.61 Å². The van der Waals surface area contributed by atoms with Gasteiger partial charge >= 0.3 is 6.03 Å². The highest BCUT2D eigenvalue weighted by Gasteiger charge is 2.49. The summed E-state index contributed by atoms with van der Waals surface area (Å²) in [6.45, 7) is 4.39. The number of aliphatic hydroxyl groups excluding tert-OH is 1. The van der Waals surface area contributed by atoms with Crippen molar-refractivity contribution in [1.29, 1.82) is 0 Å². The monoisotopic (exact) mass is 508 g/mol. The van der Waals surface area contributed by atoms with Crippen molar-refractivity contribution in [3.8, 4) is 5.75 Å². The minimum Gasteiger partial charge on any atom is -0.489 e. The zero-order chi connectivity index (χ0) is 26.4. The van der Waals surface area contributed by atoms with Gasteiger partial charge in [0, 0.05) is 7.05 Å². The van der Waals surface area contributed by atoms with E-state index in [1.165, 1.54) is 4.90 Å². The molecule has 2 aromatic carbocycles. The number of β-amino-alcohol motifs (C(OH)–C–C–N with tert-alkyl or cyclic N) is 1. The summed E-state index contributed by atoms with van der Waals surface area (Å²) in [7, 11) is 1.56. The predicted octanol–water partition coefficient (Wildman–Crippen LogP) is 1.52. The highest BCUT2D eigenvalue weighted by Crippen LogP contribution is 2.23. The third-order valence-corrected chi connectivity index (χ3v) is 5.90. The van der Waals surface area contributed by atoms with Crippen LogP contribution in [0.1, 0.15) is 25.0 Å². The molecule has 2 aromatic rings. The fourth-order valence-corrected chi connectivity index (χ4v) is 3.96. The van der Waals surface area contributed by atoms with Crippen molar-refractivity contribution >= 4 is 24.1 Å². The molecule has 3 unspecified atom stereocenters. The van der Waals surface area contributed by atoms with Crippen LogP contribution in [0.3, 0.4) is 0 Å². The number of urea groups is 1. The number of nitrogens with one attached hydrogen (secondary N) is 2. The maximum Gasteiger partial charge on any atom is 0.325 e. The molecule has 11 heteroatoms. The van der Waals surface area contributed by atoms with Crippen molar-refractivity contribution in [1.82, 2.24) is 20.5 Å². The number of carbonyl (C=O) groups excluding carboxylic acids is 2. The van der Waals surface area contributed by atoms with Crippen molar-refractivity contribution in [2.45, 2.75) is 44.9 Å². The van der Waals surface area contributed by atoms with Gasteiger partial charge in [0.2, 0.25) is 5.96 Å². The Hall–Kier alpha value is -3.96. The van der Waals surface area contributed by atoms with Crippen molar-refractivity contribution in [2.75, 3.05) is 20.2 Å². The van der Waals surface area contributed by atoms with Gasteiger partial charge in [-0.1, -0.05) is 30.3 Å². The molecule has 3 atom stereocenters. The summed E-state index contributed by atoms with van der Waals surface area (Å²) in [4.78, 5) is 32.2. The lowest BCUT2D eigenvalue weighted by atomic mass is 10.1. The molecule has 196 valence electrons. The first-order valence-electron chi connectivity index (χ1n) is 12.1. The number of rotatable bonds is 10. The number of aliphatic imine (C=N–C) groups is 1. The summed E-state index contributed by atoms with van der Waals surface area (Å²) in [6.07, 6.45) is -0.0557. The zero-order valence-electron chi connectivity index (χ0n) is 21.1. The number of hydrazone groups is 1. The zero-order valence-corrected chi connectivity index (χ0v) is 21.1. The quantitative estimate of drug-likeness (QED) is 0.328. The maximum absolute atomic E-state index is 12.6. The van der Waals surface area contributed by atoms with Crippen molar-refractivity contribution in [3.05, 3.63) is 65.7 Å². The molecule has 4 rings (SSSR count). The Morgan fingerprint density at radius 3 is 2.59 bits per heavy atom. The summed E-state index contributed by atoms with van der Waals surface area (Å²) < 4.78 is 11.3. The third-order valence-electron chi connectivity index (χ3n) is 5.90. The first kappa shape index (κ1) is 26.1. The summed E-state index contributed by atoms with van der Waals surface area (Å²) in [6, 6.07) is 16.0. The summed E-state index contributed by atoms with van der Waals surface area (Å²) in [5.41, 5.74) is 4.77. The molecule has 2 aliphatic rings. The fraction of sp³-hybridized carbons (Fsp3) is 0.385. The Labute approximate surface area is 215 Å². The van der Waals surface area contributed by atoms with Crippen LogP contribution in [-0.2, 0) is 16.1 Å². The van der Waals surface area contributed by atoms with E-state index < -0.39 is 30.2 Å². The molecule has 0 saturated carbocycles. The van der Waals surface area contributed by atoms with E-state index in [4.69, 9.17) is 9.47 Å². The second kappa shape index (κ2) is 11.8. The van der Waals surface area contributed by atoms with Crippen LogP contribution in [-0.4, -0.2) is 83.6 Å². The van der Waals surface area contributed by atoms with Gasteiger partial charge in [0.15, 0.2) is 12.2 Å². The average Bonchev–Trinajstić information content (AvgIpc) is 3.25. The number of nitrogens with zero attached hydrogens (tertiary/aromatic N) is 4. The molecule has 37 heavy (non-hydrogen) atoms. The molecule has 2 aliphatic heterocycles. The molecule has 3 amide bonds. The predicted molar refractivity (Wildman–Crippen MR) is 138 cm³/mol. The van der Waals surface area contributed by atoms with Gasteiger partial charge in [-0.2, -0.15) is 5.10 Å². The molecular formula is C26H32N6O5. The number of hydrogen-bond acceptors (Lipinski definition) is 9. The number of ether oxygens (including phenoxy) is 2. The smallest absolute Gasteiger partial charge is 0.325 e. The topological polar surface area (TPSA) is 128 Å². The van der Waals surface area contributed by atoms with E-state index in [2.05, 4.69) is 20.8 Å². The van der Waals surface area contributed by atoms with Gasteiger partial charge in [0.05, 0.1) is 31.6 Å². The molecule has 0 spiro atoms. The Morgan fingerprint density at radius 1 is 1.16 bits per heavy atom. The number of imide groups is 1. The fourth-order valence-electron chi connectivity index (χ4n) is 3.96. The maximum atomic E-state index is 12.6. The second-order valence-electron chi connectivity index (χ2n) is 9.12. The highest BCUT2D eigenvalue weighted by atomic mass is 16.5. The summed E-state index contributed by atoms with van der Waals surface area (Å²) >= 11 is 0. The minimum atomic E-state index is -0.878.